The number of nitrogens with one attached hydrogen (secondary N) is 2. The van der Waals surface area contributed by atoms with Gasteiger partial charge in [-0.1, -0.05) is 42.0 Å². The lowest BCUT2D eigenvalue weighted by Gasteiger charge is -2.19. The van der Waals surface area contributed by atoms with E-state index in [9.17, 15) is 9.59 Å². The van der Waals surface area contributed by atoms with Crippen molar-refractivity contribution in [3.63, 3.8) is 0 Å². The highest BCUT2D eigenvalue weighted by Gasteiger charge is 2.18. The first-order valence-corrected chi connectivity index (χ1v) is 9.03. The molecule has 0 aliphatic heterocycles. The lowest BCUT2D eigenvalue weighted by Crippen LogP contribution is -2.30. The van der Waals surface area contributed by atoms with Crippen molar-refractivity contribution in [1.82, 2.24) is 20.1 Å². The van der Waals surface area contributed by atoms with E-state index in [1.54, 1.807) is 10.9 Å². The molecule has 1 heterocycles. The second kappa shape index (κ2) is 8.47. The molecule has 0 fully saturated rings. The molecule has 0 saturated carbocycles. The monoisotopic (exact) mass is 377 g/mol. The fourth-order valence-corrected chi connectivity index (χ4v) is 3.00. The van der Waals surface area contributed by atoms with Crippen molar-refractivity contribution in [1.29, 1.82) is 0 Å². The molecule has 0 radical (unpaired) electrons. The van der Waals surface area contributed by atoms with Gasteiger partial charge >= 0.3 is 0 Å². The molecule has 0 spiro atoms. The second-order valence-electron chi connectivity index (χ2n) is 6.68. The molecular weight excluding hydrogens is 354 g/mol. The van der Waals surface area contributed by atoms with Crippen LogP contribution in [-0.2, 0) is 9.59 Å². The van der Waals surface area contributed by atoms with E-state index in [1.807, 2.05) is 62.4 Å². The van der Waals surface area contributed by atoms with Crippen LogP contribution in [0.25, 0.3) is 5.69 Å². The Balaban J connectivity index is 1.79. The van der Waals surface area contributed by atoms with Crippen LogP contribution in [0.2, 0.25) is 0 Å². The van der Waals surface area contributed by atoms with Crippen LogP contribution < -0.4 is 10.6 Å². The van der Waals surface area contributed by atoms with Gasteiger partial charge in [-0.15, -0.1) is 10.2 Å². The first kappa shape index (κ1) is 19.3. The molecule has 7 heteroatoms. The molecule has 28 heavy (non-hydrogen) atoms. The van der Waals surface area contributed by atoms with Gasteiger partial charge in [0.1, 0.15) is 12.2 Å². The minimum Gasteiger partial charge on any atom is -0.349 e. The van der Waals surface area contributed by atoms with Gasteiger partial charge in [0.2, 0.25) is 11.8 Å². The summed E-state index contributed by atoms with van der Waals surface area (Å²) in [5, 5.41) is 13.7. The fourth-order valence-electron chi connectivity index (χ4n) is 3.00. The predicted octanol–water partition coefficient (Wildman–Crippen LogP) is 3.09. The smallest absolute Gasteiger partial charge is 0.226 e. The maximum atomic E-state index is 12.7. The van der Waals surface area contributed by atoms with E-state index in [0.29, 0.717) is 5.69 Å². The largest absolute Gasteiger partial charge is 0.349 e. The third-order valence-electron chi connectivity index (χ3n) is 4.40. The number of hydrogen-bond acceptors (Lipinski definition) is 4. The number of hydrogen-bond donors (Lipinski definition) is 2. The SMILES string of the molecule is CC(=O)NC(CC(=O)Nc1ccccc1-n1cnnc1C)c1ccc(C)cc1. The van der Waals surface area contributed by atoms with Gasteiger partial charge < -0.3 is 10.6 Å². The normalized spacial score (nSPS) is 11.7. The fraction of sp³-hybridized carbons (Fsp3) is 0.238. The number of aromatic nitrogens is 3. The number of aryl methyl sites for hydroxylation is 2. The first-order chi connectivity index (χ1) is 13.4. The lowest BCUT2D eigenvalue weighted by atomic mass is 10.0. The zero-order chi connectivity index (χ0) is 20.1. The number of para-hydroxylation sites is 2. The number of anilines is 1. The molecule has 0 aliphatic rings. The van der Waals surface area contributed by atoms with E-state index in [2.05, 4.69) is 20.8 Å². The highest BCUT2D eigenvalue weighted by atomic mass is 16.2. The summed E-state index contributed by atoms with van der Waals surface area (Å²) in [6.07, 6.45) is 1.73. The van der Waals surface area contributed by atoms with Crippen LogP contribution in [0.1, 0.15) is 36.3 Å². The number of benzene rings is 2. The summed E-state index contributed by atoms with van der Waals surface area (Å²) in [5.41, 5.74) is 3.44. The van der Waals surface area contributed by atoms with Crippen LogP contribution >= 0.6 is 0 Å². The summed E-state index contributed by atoms with van der Waals surface area (Å²) in [6, 6.07) is 14.8. The summed E-state index contributed by atoms with van der Waals surface area (Å²) in [4.78, 5) is 24.4. The zero-order valence-corrected chi connectivity index (χ0v) is 16.1. The molecule has 2 N–H and O–H groups in total. The molecule has 0 saturated heterocycles. The van der Waals surface area contributed by atoms with Crippen molar-refractivity contribution in [2.24, 2.45) is 0 Å². The lowest BCUT2D eigenvalue weighted by molar-refractivity contribution is -0.120. The number of carbonyl (C=O) groups excluding carboxylic acids is 2. The minimum absolute atomic E-state index is 0.123. The Morgan fingerprint density at radius 3 is 2.43 bits per heavy atom. The van der Waals surface area contributed by atoms with Crippen LogP contribution in [-0.4, -0.2) is 26.6 Å². The van der Waals surface area contributed by atoms with E-state index in [4.69, 9.17) is 0 Å². The maximum absolute atomic E-state index is 12.7. The molecule has 1 aromatic heterocycles. The Morgan fingerprint density at radius 2 is 1.79 bits per heavy atom. The number of rotatable bonds is 6. The first-order valence-electron chi connectivity index (χ1n) is 9.03. The van der Waals surface area contributed by atoms with E-state index >= 15 is 0 Å². The van der Waals surface area contributed by atoms with Gasteiger partial charge in [-0.25, -0.2) is 0 Å². The Morgan fingerprint density at radius 1 is 1.07 bits per heavy atom. The third-order valence-corrected chi connectivity index (χ3v) is 4.40. The van der Waals surface area contributed by atoms with Crippen molar-refractivity contribution in [2.45, 2.75) is 33.2 Å². The maximum Gasteiger partial charge on any atom is 0.226 e. The highest BCUT2D eigenvalue weighted by Crippen LogP contribution is 2.23. The van der Waals surface area contributed by atoms with Crippen LogP contribution in [0, 0.1) is 13.8 Å². The third kappa shape index (κ3) is 4.62. The molecule has 1 atom stereocenters. The molecule has 3 aromatic rings. The number of nitrogens with zero attached hydrogens (tertiary/aromatic N) is 3. The van der Waals surface area contributed by atoms with Gasteiger partial charge in [-0.3, -0.25) is 14.2 Å². The molecule has 7 nitrogen and oxygen atoms in total. The van der Waals surface area contributed by atoms with Crippen LogP contribution in [0.4, 0.5) is 5.69 Å². The summed E-state index contributed by atoms with van der Waals surface area (Å²) in [7, 11) is 0. The quantitative estimate of drug-likeness (QED) is 0.691. The summed E-state index contributed by atoms with van der Waals surface area (Å²) in [6.45, 7) is 5.28. The molecule has 144 valence electrons. The summed E-state index contributed by atoms with van der Waals surface area (Å²) in [5.74, 6) is 0.342. The van der Waals surface area contributed by atoms with E-state index in [0.717, 1.165) is 22.6 Å². The Labute approximate surface area is 163 Å². The van der Waals surface area contributed by atoms with E-state index < -0.39 is 6.04 Å². The van der Waals surface area contributed by atoms with Crippen molar-refractivity contribution in [3.8, 4) is 5.69 Å². The van der Waals surface area contributed by atoms with Crippen molar-refractivity contribution in [3.05, 3.63) is 71.8 Å². The van der Waals surface area contributed by atoms with Crippen LogP contribution in [0.3, 0.4) is 0 Å². The van der Waals surface area contributed by atoms with Crippen molar-refractivity contribution < 1.29 is 9.59 Å². The Kier molecular flexibility index (Phi) is 5.84. The number of amides is 2. The van der Waals surface area contributed by atoms with E-state index in [1.165, 1.54) is 6.92 Å². The van der Waals surface area contributed by atoms with Gasteiger partial charge in [0.25, 0.3) is 0 Å². The molecule has 1 unspecified atom stereocenters. The second-order valence-corrected chi connectivity index (χ2v) is 6.68. The zero-order valence-electron chi connectivity index (χ0n) is 16.1. The standard InChI is InChI=1S/C21H23N5O2/c1-14-8-10-17(11-9-14)19(23-16(3)27)12-21(28)24-18-6-4-5-7-20(18)26-13-22-25-15(26)2/h4-11,13,19H,12H2,1-3H3,(H,23,27)(H,24,28). The van der Waals surface area contributed by atoms with Gasteiger partial charge in [0, 0.05) is 6.92 Å². The van der Waals surface area contributed by atoms with Gasteiger partial charge in [0.15, 0.2) is 0 Å². The molecule has 3 rings (SSSR count). The molecule has 2 amide bonds. The average molecular weight is 377 g/mol. The molecule has 2 aromatic carbocycles. The number of carbonyl (C=O) groups is 2. The average Bonchev–Trinajstić information content (AvgIpc) is 3.07. The molecule has 0 aliphatic carbocycles. The highest BCUT2D eigenvalue weighted by molar-refractivity contribution is 5.93. The predicted molar refractivity (Wildman–Crippen MR) is 107 cm³/mol. The van der Waals surface area contributed by atoms with E-state index in [-0.39, 0.29) is 18.2 Å². The molecule has 0 bridgehead atoms. The molecular formula is C21H23N5O2. The van der Waals surface area contributed by atoms with Crippen molar-refractivity contribution >= 4 is 17.5 Å². The minimum atomic E-state index is -0.401. The van der Waals surface area contributed by atoms with Gasteiger partial charge in [-0.2, -0.15) is 0 Å². The van der Waals surface area contributed by atoms with Crippen LogP contribution in [0.5, 0.6) is 0 Å². The van der Waals surface area contributed by atoms with Crippen LogP contribution in [0.15, 0.2) is 54.9 Å². The Bertz CT molecular complexity index is 978. The summed E-state index contributed by atoms with van der Waals surface area (Å²) >= 11 is 0. The van der Waals surface area contributed by atoms with Crippen molar-refractivity contribution in [2.75, 3.05) is 5.32 Å². The Hall–Kier alpha value is -3.48. The topological polar surface area (TPSA) is 88.9 Å². The van der Waals surface area contributed by atoms with Gasteiger partial charge in [-0.05, 0) is 31.5 Å². The van der Waals surface area contributed by atoms with Gasteiger partial charge in [0.05, 0.1) is 23.8 Å². The summed E-state index contributed by atoms with van der Waals surface area (Å²) < 4.78 is 1.81.